The summed E-state index contributed by atoms with van der Waals surface area (Å²) in [5.41, 5.74) is 6.97. The molecule has 0 aliphatic carbocycles. The molecule has 0 bridgehead atoms. The molecule has 0 saturated carbocycles. The molecule has 9 heteroatoms. The number of carbonyl (C=O) groups is 2. The lowest BCUT2D eigenvalue weighted by Gasteiger charge is -2.19. The average molecular weight is 470 g/mol. The summed E-state index contributed by atoms with van der Waals surface area (Å²) >= 11 is 0. The van der Waals surface area contributed by atoms with Crippen LogP contribution in [0.25, 0.3) is 0 Å². The van der Waals surface area contributed by atoms with Crippen molar-refractivity contribution in [3.63, 3.8) is 0 Å². The Bertz CT molecular complexity index is 1090. The van der Waals surface area contributed by atoms with Gasteiger partial charge in [0.1, 0.15) is 11.9 Å². The third-order valence-corrected chi connectivity index (χ3v) is 5.17. The molecule has 1 aromatic heterocycles. The zero-order chi connectivity index (χ0) is 24.6. The predicted octanol–water partition coefficient (Wildman–Crippen LogP) is 3.66. The average Bonchev–Trinajstić information content (AvgIpc) is 2.82. The standard InChI is InChI=1S/C25H25F3N4O2/c26-25(27,28)20-10-6-18(7-11-20)14-21(24(34)31-16-19-8-12-22(29)30-15-19)32-23(33)13-9-17-4-2-1-3-5-17/h1-8,10-12,15,21H,9,13-14,16H2,(H2,29,30)(H,31,34)(H,32,33). The van der Waals surface area contributed by atoms with Crippen molar-refractivity contribution in [2.75, 3.05) is 5.73 Å². The molecule has 4 N–H and O–H groups in total. The van der Waals surface area contributed by atoms with E-state index in [4.69, 9.17) is 5.73 Å². The van der Waals surface area contributed by atoms with Gasteiger partial charge in [-0.15, -0.1) is 0 Å². The van der Waals surface area contributed by atoms with Gasteiger partial charge in [0, 0.05) is 25.6 Å². The first kappa shape index (κ1) is 24.8. The highest BCUT2D eigenvalue weighted by molar-refractivity contribution is 5.88. The molecular formula is C25H25F3N4O2. The number of nitrogens with two attached hydrogens (primary N) is 1. The number of rotatable bonds is 9. The van der Waals surface area contributed by atoms with Gasteiger partial charge < -0.3 is 16.4 Å². The molecule has 2 aromatic carbocycles. The number of aryl methyl sites for hydroxylation is 1. The number of alkyl halides is 3. The lowest BCUT2D eigenvalue weighted by Crippen LogP contribution is -2.47. The fourth-order valence-electron chi connectivity index (χ4n) is 3.30. The molecule has 1 heterocycles. The number of anilines is 1. The number of nitrogen functional groups attached to an aromatic ring is 1. The SMILES string of the molecule is Nc1ccc(CNC(=O)C(Cc2ccc(C(F)(F)F)cc2)NC(=O)CCc2ccccc2)cn1. The highest BCUT2D eigenvalue weighted by Gasteiger charge is 2.30. The number of nitrogens with one attached hydrogen (secondary N) is 2. The van der Waals surface area contributed by atoms with Crippen LogP contribution in [0.5, 0.6) is 0 Å². The Morgan fingerprint density at radius 3 is 2.21 bits per heavy atom. The maximum atomic E-state index is 12.9. The van der Waals surface area contributed by atoms with Crippen LogP contribution < -0.4 is 16.4 Å². The number of carbonyl (C=O) groups excluding carboxylic acids is 2. The van der Waals surface area contributed by atoms with E-state index in [-0.39, 0.29) is 25.3 Å². The molecule has 0 radical (unpaired) electrons. The Labute approximate surface area is 195 Å². The van der Waals surface area contributed by atoms with Crippen molar-refractivity contribution in [2.45, 2.75) is 38.0 Å². The summed E-state index contributed by atoms with van der Waals surface area (Å²) in [6.07, 6.45) is -2.21. The lowest BCUT2D eigenvalue weighted by molar-refractivity contribution is -0.137. The van der Waals surface area contributed by atoms with Crippen LogP contribution in [-0.2, 0) is 35.2 Å². The minimum absolute atomic E-state index is 0.0427. The third-order valence-electron chi connectivity index (χ3n) is 5.17. The molecular weight excluding hydrogens is 445 g/mol. The lowest BCUT2D eigenvalue weighted by atomic mass is 10.0. The summed E-state index contributed by atoms with van der Waals surface area (Å²) < 4.78 is 38.6. The number of amides is 2. The Morgan fingerprint density at radius 2 is 1.59 bits per heavy atom. The number of pyridine rings is 1. The van der Waals surface area contributed by atoms with Crippen LogP contribution in [0.4, 0.5) is 19.0 Å². The van der Waals surface area contributed by atoms with Gasteiger partial charge in [-0.25, -0.2) is 4.98 Å². The highest BCUT2D eigenvalue weighted by atomic mass is 19.4. The van der Waals surface area contributed by atoms with Crippen molar-refractivity contribution in [1.29, 1.82) is 0 Å². The first-order valence-electron chi connectivity index (χ1n) is 10.7. The van der Waals surface area contributed by atoms with E-state index in [1.54, 1.807) is 12.1 Å². The molecule has 34 heavy (non-hydrogen) atoms. The zero-order valence-electron chi connectivity index (χ0n) is 18.3. The number of aromatic nitrogens is 1. The zero-order valence-corrected chi connectivity index (χ0v) is 18.3. The third kappa shape index (κ3) is 7.61. The second-order valence-electron chi connectivity index (χ2n) is 7.81. The first-order valence-corrected chi connectivity index (χ1v) is 10.7. The fraction of sp³-hybridized carbons (Fsp3) is 0.240. The molecule has 1 unspecified atom stereocenters. The monoisotopic (exact) mass is 470 g/mol. The summed E-state index contributed by atoms with van der Waals surface area (Å²) in [6.45, 7) is 0.162. The first-order chi connectivity index (χ1) is 16.2. The van der Waals surface area contributed by atoms with Crippen LogP contribution in [0, 0.1) is 0 Å². The van der Waals surface area contributed by atoms with Crippen LogP contribution in [0.3, 0.4) is 0 Å². The molecule has 3 aromatic rings. The number of benzene rings is 2. The van der Waals surface area contributed by atoms with Crippen LogP contribution in [0.1, 0.15) is 28.7 Å². The van der Waals surface area contributed by atoms with Crippen molar-refractivity contribution in [2.24, 2.45) is 0 Å². The van der Waals surface area contributed by atoms with Crippen LogP contribution >= 0.6 is 0 Å². The van der Waals surface area contributed by atoms with E-state index >= 15 is 0 Å². The van der Waals surface area contributed by atoms with E-state index in [1.807, 2.05) is 30.3 Å². The number of hydrogen-bond acceptors (Lipinski definition) is 4. The topological polar surface area (TPSA) is 97.1 Å². The Kier molecular flexibility index (Phi) is 8.24. The van der Waals surface area contributed by atoms with Crippen molar-refractivity contribution < 1.29 is 22.8 Å². The van der Waals surface area contributed by atoms with Gasteiger partial charge in [-0.3, -0.25) is 9.59 Å². The van der Waals surface area contributed by atoms with E-state index in [9.17, 15) is 22.8 Å². The second-order valence-corrected chi connectivity index (χ2v) is 7.81. The maximum Gasteiger partial charge on any atom is 0.416 e. The number of halogens is 3. The molecule has 0 saturated heterocycles. The molecule has 1 atom stereocenters. The van der Waals surface area contributed by atoms with E-state index < -0.39 is 23.7 Å². The van der Waals surface area contributed by atoms with E-state index in [0.717, 1.165) is 17.7 Å². The maximum absolute atomic E-state index is 12.9. The van der Waals surface area contributed by atoms with Gasteiger partial charge in [0.15, 0.2) is 0 Å². The van der Waals surface area contributed by atoms with Crippen LogP contribution in [0.15, 0.2) is 72.9 Å². The second kappa shape index (κ2) is 11.3. The Hall–Kier alpha value is -3.88. The number of hydrogen-bond donors (Lipinski definition) is 3. The van der Waals surface area contributed by atoms with Gasteiger partial charge in [-0.2, -0.15) is 13.2 Å². The summed E-state index contributed by atoms with van der Waals surface area (Å²) in [7, 11) is 0. The largest absolute Gasteiger partial charge is 0.416 e. The number of nitrogens with zero attached hydrogens (tertiary/aromatic N) is 1. The van der Waals surface area contributed by atoms with E-state index in [1.165, 1.54) is 18.3 Å². The van der Waals surface area contributed by atoms with Gasteiger partial charge in [0.2, 0.25) is 11.8 Å². The Balaban J connectivity index is 1.66. The van der Waals surface area contributed by atoms with Crippen LogP contribution in [-0.4, -0.2) is 22.8 Å². The molecule has 3 rings (SSSR count). The molecule has 6 nitrogen and oxygen atoms in total. The minimum atomic E-state index is -4.45. The van der Waals surface area contributed by atoms with Gasteiger partial charge >= 0.3 is 6.18 Å². The Morgan fingerprint density at radius 1 is 0.912 bits per heavy atom. The van der Waals surface area contributed by atoms with Crippen molar-refractivity contribution in [3.05, 3.63) is 95.2 Å². The molecule has 0 aliphatic rings. The molecule has 0 fully saturated rings. The highest BCUT2D eigenvalue weighted by Crippen LogP contribution is 2.29. The molecule has 0 aliphatic heterocycles. The molecule has 2 amide bonds. The van der Waals surface area contributed by atoms with Gasteiger partial charge in [0.05, 0.1) is 5.56 Å². The quantitative estimate of drug-likeness (QED) is 0.445. The van der Waals surface area contributed by atoms with Gasteiger partial charge in [-0.1, -0.05) is 48.5 Å². The van der Waals surface area contributed by atoms with Crippen molar-refractivity contribution in [1.82, 2.24) is 15.6 Å². The molecule has 0 spiro atoms. The summed E-state index contributed by atoms with van der Waals surface area (Å²) in [5.74, 6) is -0.434. The van der Waals surface area contributed by atoms with Crippen molar-refractivity contribution >= 4 is 17.6 Å². The normalized spacial score (nSPS) is 12.1. The smallest absolute Gasteiger partial charge is 0.384 e. The van der Waals surface area contributed by atoms with Crippen molar-refractivity contribution in [3.8, 4) is 0 Å². The molecule has 178 valence electrons. The van der Waals surface area contributed by atoms with Crippen LogP contribution in [0.2, 0.25) is 0 Å². The van der Waals surface area contributed by atoms with Gasteiger partial charge in [-0.05, 0) is 41.3 Å². The predicted molar refractivity (Wildman–Crippen MR) is 122 cm³/mol. The summed E-state index contributed by atoms with van der Waals surface area (Å²) in [5, 5.41) is 5.46. The van der Waals surface area contributed by atoms with E-state index in [2.05, 4.69) is 15.6 Å². The fourth-order valence-corrected chi connectivity index (χ4v) is 3.30. The summed E-state index contributed by atoms with van der Waals surface area (Å²) in [4.78, 5) is 29.4. The minimum Gasteiger partial charge on any atom is -0.384 e. The summed E-state index contributed by atoms with van der Waals surface area (Å²) in [6, 6.07) is 16.3. The van der Waals surface area contributed by atoms with Gasteiger partial charge in [0.25, 0.3) is 0 Å². The van der Waals surface area contributed by atoms with E-state index in [0.29, 0.717) is 23.4 Å².